The molecule has 100 valence electrons. The van der Waals surface area contributed by atoms with Gasteiger partial charge >= 0.3 is 0 Å². The van der Waals surface area contributed by atoms with Crippen molar-refractivity contribution in [2.24, 2.45) is 11.3 Å². The summed E-state index contributed by atoms with van der Waals surface area (Å²) in [6, 6.07) is 0. The fourth-order valence-electron chi connectivity index (χ4n) is 5.18. The van der Waals surface area contributed by atoms with Gasteiger partial charge in [0.1, 0.15) is 0 Å². The van der Waals surface area contributed by atoms with Crippen molar-refractivity contribution in [3.8, 4) is 0 Å². The maximum atomic E-state index is 12.4. The van der Waals surface area contributed by atoms with Gasteiger partial charge in [-0.15, -0.1) is 0 Å². The molecule has 0 amide bonds. The Kier molecular flexibility index (Phi) is 1.83. The van der Waals surface area contributed by atoms with E-state index in [1.807, 2.05) is 0 Å². The second-order valence-corrected chi connectivity index (χ2v) is 9.33. The van der Waals surface area contributed by atoms with E-state index in [0.29, 0.717) is 18.1 Å². The predicted octanol–water partition coefficient (Wildman–Crippen LogP) is 2.43. The van der Waals surface area contributed by atoms with E-state index >= 15 is 0 Å². The van der Waals surface area contributed by atoms with E-state index in [1.54, 1.807) is 6.92 Å². The third-order valence-corrected chi connectivity index (χ3v) is 8.51. The van der Waals surface area contributed by atoms with E-state index in [4.69, 9.17) is 4.74 Å². The smallest absolute Gasteiger partial charge is 0.179 e. The van der Waals surface area contributed by atoms with Crippen LogP contribution in [0, 0.1) is 11.3 Å². The first-order valence-electron chi connectivity index (χ1n) is 6.96. The highest BCUT2D eigenvalue weighted by atomic mass is 32.2. The molecule has 3 nitrogen and oxygen atoms in total. The van der Waals surface area contributed by atoms with Gasteiger partial charge in [0, 0.05) is 11.3 Å². The monoisotopic (exact) mass is 268 g/mol. The minimum atomic E-state index is -3.11. The number of sulfone groups is 1. The van der Waals surface area contributed by atoms with Gasteiger partial charge in [-0.3, -0.25) is 0 Å². The van der Waals surface area contributed by atoms with Crippen LogP contribution < -0.4 is 0 Å². The van der Waals surface area contributed by atoms with Gasteiger partial charge < -0.3 is 4.74 Å². The van der Waals surface area contributed by atoms with E-state index in [-0.39, 0.29) is 11.0 Å². The lowest BCUT2D eigenvalue weighted by atomic mass is 9.72. The van der Waals surface area contributed by atoms with Crippen LogP contribution in [-0.2, 0) is 14.6 Å². The van der Waals surface area contributed by atoms with Crippen LogP contribution >= 0.6 is 0 Å². The van der Waals surface area contributed by atoms with Crippen molar-refractivity contribution >= 4 is 9.84 Å². The summed E-state index contributed by atoms with van der Waals surface area (Å²) in [6.07, 6.45) is 7.00. The Balaban J connectivity index is 1.94. The number of hydrogen-bond acceptors (Lipinski definition) is 3. The van der Waals surface area contributed by atoms with Crippen molar-refractivity contribution in [3.63, 3.8) is 0 Å². The Labute approximate surface area is 109 Å². The molecular formula is C14H20O3S. The third kappa shape index (κ3) is 0.976. The Morgan fingerprint density at radius 3 is 2.78 bits per heavy atom. The van der Waals surface area contributed by atoms with E-state index in [9.17, 15) is 8.42 Å². The van der Waals surface area contributed by atoms with Crippen LogP contribution in [0.1, 0.15) is 46.0 Å². The fraction of sp³-hybridized carbons (Fsp3) is 0.857. The summed E-state index contributed by atoms with van der Waals surface area (Å²) in [5.41, 5.74) is 1.27. The van der Waals surface area contributed by atoms with Crippen LogP contribution in [0.15, 0.2) is 11.6 Å². The zero-order valence-corrected chi connectivity index (χ0v) is 11.8. The van der Waals surface area contributed by atoms with Gasteiger partial charge in [0.15, 0.2) is 14.8 Å². The Hall–Kier alpha value is -0.350. The molecule has 18 heavy (non-hydrogen) atoms. The number of rotatable bonds is 0. The average Bonchev–Trinajstić information content (AvgIpc) is 2.86. The molecular weight excluding hydrogens is 248 g/mol. The van der Waals surface area contributed by atoms with Crippen molar-refractivity contribution in [1.29, 1.82) is 0 Å². The molecule has 4 bridgehead atoms. The topological polar surface area (TPSA) is 43.4 Å². The highest BCUT2D eigenvalue weighted by Crippen LogP contribution is 2.70. The molecule has 0 radical (unpaired) electrons. The molecule has 4 rings (SSSR count). The van der Waals surface area contributed by atoms with Crippen LogP contribution in [-0.4, -0.2) is 24.7 Å². The molecule has 3 unspecified atom stereocenters. The van der Waals surface area contributed by atoms with E-state index < -0.39 is 14.8 Å². The lowest BCUT2D eigenvalue weighted by Crippen LogP contribution is -2.44. The van der Waals surface area contributed by atoms with Gasteiger partial charge in [-0.2, -0.15) is 0 Å². The fourth-order valence-corrected chi connectivity index (χ4v) is 6.93. The quantitative estimate of drug-likeness (QED) is 0.634. The molecule has 3 fully saturated rings. The molecule has 2 aliphatic heterocycles. The first kappa shape index (κ1) is 11.5. The molecule has 4 aliphatic rings. The van der Waals surface area contributed by atoms with Crippen LogP contribution in [0.5, 0.6) is 0 Å². The number of fused-ring (bicyclic) bond motifs is 1. The van der Waals surface area contributed by atoms with Gasteiger partial charge in [-0.05, 0) is 46.0 Å². The molecule has 4 atom stereocenters. The molecule has 2 aliphatic carbocycles. The number of ether oxygens (including phenoxy) is 1. The van der Waals surface area contributed by atoms with Crippen molar-refractivity contribution < 1.29 is 13.2 Å². The molecule has 0 aromatic rings. The molecule has 2 heterocycles. The van der Waals surface area contributed by atoms with Crippen molar-refractivity contribution in [2.75, 3.05) is 5.75 Å². The Morgan fingerprint density at radius 1 is 1.28 bits per heavy atom. The van der Waals surface area contributed by atoms with Gasteiger partial charge in [-0.1, -0.05) is 11.6 Å². The van der Waals surface area contributed by atoms with Crippen LogP contribution in [0.3, 0.4) is 0 Å². The summed E-state index contributed by atoms with van der Waals surface area (Å²) < 4.78 is 31.2. The van der Waals surface area contributed by atoms with Crippen molar-refractivity contribution in [3.05, 3.63) is 11.6 Å². The van der Waals surface area contributed by atoms with Crippen molar-refractivity contribution in [2.45, 2.75) is 56.5 Å². The highest BCUT2D eigenvalue weighted by Gasteiger charge is 2.71. The summed E-state index contributed by atoms with van der Waals surface area (Å²) in [7, 11) is -3.11. The number of hydrogen-bond donors (Lipinski definition) is 0. The SMILES string of the molecule is CC1=C[C@@]23CCC1C21CCC(C)(O1)S(=O)(=O)CC3. The van der Waals surface area contributed by atoms with E-state index in [2.05, 4.69) is 13.0 Å². The Bertz CT molecular complexity index is 564. The normalized spacial score (nSPS) is 56.1. The standard InChI is InChI=1S/C14H20O3S/c1-10-9-13-4-3-11(10)14(13)6-5-12(2,17-14)18(15,16)8-7-13/h9,11H,3-8H2,1-2H3/t11?,12?,13-,14?/m0/s1. The summed E-state index contributed by atoms with van der Waals surface area (Å²) in [6.45, 7) is 3.99. The molecule has 0 aromatic carbocycles. The second-order valence-electron chi connectivity index (χ2n) is 6.83. The first-order valence-corrected chi connectivity index (χ1v) is 8.61. The summed E-state index contributed by atoms with van der Waals surface area (Å²) in [5.74, 6) is 0.759. The average molecular weight is 268 g/mol. The minimum Gasteiger partial charge on any atom is -0.351 e. The second kappa shape index (κ2) is 2.88. The molecule has 4 heteroatoms. The lowest BCUT2D eigenvalue weighted by Gasteiger charge is -2.39. The van der Waals surface area contributed by atoms with Gasteiger partial charge in [0.2, 0.25) is 0 Å². The Morgan fingerprint density at radius 2 is 2.06 bits per heavy atom. The maximum absolute atomic E-state index is 12.4. The molecule has 0 N–H and O–H groups in total. The predicted molar refractivity (Wildman–Crippen MR) is 68.8 cm³/mol. The summed E-state index contributed by atoms with van der Waals surface area (Å²) in [4.78, 5) is -0.921. The van der Waals surface area contributed by atoms with Gasteiger partial charge in [0.25, 0.3) is 0 Å². The molecule has 1 saturated carbocycles. The lowest BCUT2D eigenvalue weighted by molar-refractivity contribution is -0.107. The van der Waals surface area contributed by atoms with Crippen molar-refractivity contribution in [1.82, 2.24) is 0 Å². The molecule has 2 saturated heterocycles. The zero-order valence-electron chi connectivity index (χ0n) is 11.0. The minimum absolute atomic E-state index is 0.0169. The van der Waals surface area contributed by atoms with Gasteiger partial charge in [0.05, 0.1) is 11.4 Å². The maximum Gasteiger partial charge on any atom is 0.179 e. The summed E-state index contributed by atoms with van der Waals surface area (Å²) in [5, 5.41) is 0. The summed E-state index contributed by atoms with van der Waals surface area (Å²) >= 11 is 0. The molecule has 1 spiro atoms. The van der Waals surface area contributed by atoms with Crippen LogP contribution in [0.25, 0.3) is 0 Å². The third-order valence-electron chi connectivity index (χ3n) is 6.16. The van der Waals surface area contributed by atoms with Gasteiger partial charge in [-0.25, -0.2) is 8.42 Å². The van der Waals surface area contributed by atoms with E-state index in [1.165, 1.54) is 12.0 Å². The zero-order chi connectivity index (χ0) is 12.8. The highest BCUT2D eigenvalue weighted by molar-refractivity contribution is 7.92. The molecule has 0 aromatic heterocycles. The van der Waals surface area contributed by atoms with Crippen LogP contribution in [0.2, 0.25) is 0 Å². The largest absolute Gasteiger partial charge is 0.351 e. The van der Waals surface area contributed by atoms with E-state index in [0.717, 1.165) is 19.3 Å². The first-order chi connectivity index (χ1) is 8.34. The van der Waals surface area contributed by atoms with Crippen LogP contribution in [0.4, 0.5) is 0 Å².